The predicted molar refractivity (Wildman–Crippen MR) is 191 cm³/mol. The SMILES string of the molecule is CSc1ncc2c(n1)N(c1cccc(CO[Si](c3ccccc3)(c3ccccc3)C(C)(C)C)c1)C(=O)N(c1ccccc1Br)C2. The third-order valence-corrected chi connectivity index (χ3v) is 14.4. The molecular formula is C36H35BrN4O2SSi. The van der Waals surface area contributed by atoms with Gasteiger partial charge in [-0.05, 0) is 67.4 Å². The second-order valence-electron chi connectivity index (χ2n) is 12.0. The van der Waals surface area contributed by atoms with Crippen LogP contribution in [0, 0.1) is 0 Å². The summed E-state index contributed by atoms with van der Waals surface area (Å²) in [5.41, 5.74) is 3.37. The average molecular weight is 696 g/mol. The summed E-state index contributed by atoms with van der Waals surface area (Å²) in [7, 11) is -2.75. The van der Waals surface area contributed by atoms with Crippen LogP contribution in [0.1, 0.15) is 31.9 Å². The lowest BCUT2D eigenvalue weighted by Crippen LogP contribution is -2.66. The Balaban J connectivity index is 1.41. The molecule has 6 nitrogen and oxygen atoms in total. The van der Waals surface area contributed by atoms with E-state index >= 15 is 0 Å². The second-order valence-corrected chi connectivity index (χ2v) is 17.9. The molecule has 9 heteroatoms. The van der Waals surface area contributed by atoms with Crippen molar-refractivity contribution in [3.63, 3.8) is 0 Å². The van der Waals surface area contributed by atoms with E-state index in [4.69, 9.17) is 9.41 Å². The lowest BCUT2D eigenvalue weighted by atomic mass is 10.1. The second kappa shape index (κ2) is 12.9. The fraction of sp³-hybridized carbons (Fsp3) is 0.194. The van der Waals surface area contributed by atoms with Crippen LogP contribution in [-0.2, 0) is 17.6 Å². The fourth-order valence-corrected chi connectivity index (χ4v) is 11.4. The normalized spacial score (nSPS) is 13.6. The van der Waals surface area contributed by atoms with Crippen LogP contribution in [0.15, 0.2) is 125 Å². The number of fused-ring (bicyclic) bond motifs is 1. The lowest BCUT2D eigenvalue weighted by Gasteiger charge is -2.43. The number of carbonyl (C=O) groups excluding carboxylic acids is 1. The number of hydrogen-bond donors (Lipinski definition) is 0. The number of hydrogen-bond acceptors (Lipinski definition) is 5. The van der Waals surface area contributed by atoms with E-state index in [2.05, 4.69) is 108 Å². The summed E-state index contributed by atoms with van der Waals surface area (Å²) < 4.78 is 8.07. The number of aromatic nitrogens is 2. The Morgan fingerprint density at radius 2 is 1.53 bits per heavy atom. The van der Waals surface area contributed by atoms with E-state index in [-0.39, 0.29) is 11.1 Å². The first-order chi connectivity index (χ1) is 21.7. The smallest absolute Gasteiger partial charge is 0.335 e. The van der Waals surface area contributed by atoms with Crippen LogP contribution in [0.25, 0.3) is 0 Å². The number of thioether (sulfide) groups is 1. The number of benzene rings is 4. The number of para-hydroxylation sites is 1. The van der Waals surface area contributed by atoms with Crippen molar-refractivity contribution < 1.29 is 9.22 Å². The summed E-state index contributed by atoms with van der Waals surface area (Å²) in [6, 6.07) is 36.9. The molecule has 6 rings (SSSR count). The highest BCUT2D eigenvalue weighted by Crippen LogP contribution is 2.40. The highest BCUT2D eigenvalue weighted by molar-refractivity contribution is 9.10. The number of halogens is 1. The molecule has 0 N–H and O–H groups in total. The maximum Gasteiger partial charge on any atom is 0.335 e. The number of rotatable bonds is 8. The Morgan fingerprint density at radius 3 is 2.16 bits per heavy atom. The monoisotopic (exact) mass is 694 g/mol. The molecule has 0 spiro atoms. The molecule has 0 bridgehead atoms. The van der Waals surface area contributed by atoms with Crippen LogP contribution in [-0.4, -0.2) is 30.6 Å². The maximum atomic E-state index is 14.3. The largest absolute Gasteiger partial charge is 0.403 e. The van der Waals surface area contributed by atoms with E-state index in [1.165, 1.54) is 22.1 Å². The average Bonchev–Trinajstić information content (AvgIpc) is 3.05. The number of urea groups is 1. The Morgan fingerprint density at radius 1 is 0.889 bits per heavy atom. The van der Waals surface area contributed by atoms with Gasteiger partial charge in [0.1, 0.15) is 0 Å². The molecule has 1 aromatic heterocycles. The highest BCUT2D eigenvalue weighted by Gasteiger charge is 2.50. The van der Waals surface area contributed by atoms with E-state index in [1.807, 2.05) is 54.9 Å². The van der Waals surface area contributed by atoms with E-state index in [0.717, 1.165) is 27.0 Å². The van der Waals surface area contributed by atoms with E-state index in [1.54, 1.807) is 9.80 Å². The molecule has 1 aliphatic rings. The predicted octanol–water partition coefficient (Wildman–Crippen LogP) is 8.32. The van der Waals surface area contributed by atoms with Crippen LogP contribution in [0.4, 0.5) is 22.0 Å². The minimum atomic E-state index is -2.75. The number of amides is 2. The molecule has 0 radical (unpaired) electrons. The van der Waals surface area contributed by atoms with Crippen molar-refractivity contribution in [3.8, 4) is 0 Å². The zero-order valence-electron chi connectivity index (χ0n) is 25.8. The third kappa shape index (κ3) is 5.97. The van der Waals surface area contributed by atoms with Crippen molar-refractivity contribution in [1.82, 2.24) is 9.97 Å². The minimum absolute atomic E-state index is 0.149. The van der Waals surface area contributed by atoms with Crippen molar-refractivity contribution in [1.29, 1.82) is 0 Å². The van der Waals surface area contributed by atoms with Crippen LogP contribution >= 0.6 is 27.7 Å². The molecule has 0 aliphatic carbocycles. The third-order valence-electron chi connectivity index (χ3n) is 8.15. The van der Waals surface area contributed by atoms with Gasteiger partial charge in [-0.15, -0.1) is 0 Å². The van der Waals surface area contributed by atoms with Gasteiger partial charge in [0.25, 0.3) is 8.32 Å². The minimum Gasteiger partial charge on any atom is -0.403 e. The first-order valence-corrected chi connectivity index (χ1v) is 18.8. The van der Waals surface area contributed by atoms with E-state index < -0.39 is 8.32 Å². The van der Waals surface area contributed by atoms with Crippen molar-refractivity contribution in [2.75, 3.05) is 16.1 Å². The van der Waals surface area contributed by atoms with Crippen LogP contribution in [0.5, 0.6) is 0 Å². The number of nitrogens with zero attached hydrogens (tertiary/aromatic N) is 4. The molecule has 1 aliphatic heterocycles. The van der Waals surface area contributed by atoms with Gasteiger partial charge in [0.2, 0.25) is 0 Å². The molecule has 0 saturated carbocycles. The van der Waals surface area contributed by atoms with Gasteiger partial charge in [0.05, 0.1) is 24.5 Å². The molecular weight excluding hydrogens is 660 g/mol. The quantitative estimate of drug-likeness (QED) is 0.0929. The van der Waals surface area contributed by atoms with Gasteiger partial charge < -0.3 is 4.43 Å². The number of anilines is 3. The molecule has 0 unspecified atom stereocenters. The molecule has 4 aromatic carbocycles. The van der Waals surface area contributed by atoms with Gasteiger partial charge >= 0.3 is 6.03 Å². The Hall–Kier alpha value is -3.76. The summed E-state index contributed by atoms with van der Waals surface area (Å²) >= 11 is 5.10. The summed E-state index contributed by atoms with van der Waals surface area (Å²) in [4.78, 5) is 27.1. The fourth-order valence-electron chi connectivity index (χ4n) is 6.06. The zero-order valence-corrected chi connectivity index (χ0v) is 29.2. The van der Waals surface area contributed by atoms with Crippen molar-refractivity contribution in [3.05, 3.63) is 131 Å². The van der Waals surface area contributed by atoms with Gasteiger partial charge in [-0.3, -0.25) is 4.90 Å². The first kappa shape index (κ1) is 31.2. The molecule has 0 atom stereocenters. The molecule has 5 aromatic rings. The summed E-state index contributed by atoms with van der Waals surface area (Å²) in [5, 5.41) is 2.92. The van der Waals surface area contributed by atoms with Gasteiger partial charge in [0.15, 0.2) is 11.0 Å². The highest BCUT2D eigenvalue weighted by atomic mass is 79.9. The van der Waals surface area contributed by atoms with E-state index in [9.17, 15) is 4.79 Å². The molecule has 0 saturated heterocycles. The molecule has 228 valence electrons. The van der Waals surface area contributed by atoms with Crippen LogP contribution < -0.4 is 20.2 Å². The van der Waals surface area contributed by atoms with Gasteiger partial charge in [0, 0.05) is 16.2 Å². The maximum absolute atomic E-state index is 14.3. The summed E-state index contributed by atoms with van der Waals surface area (Å²) in [5.74, 6) is 0.604. The molecule has 2 heterocycles. The van der Waals surface area contributed by atoms with Crippen molar-refractivity contribution >= 4 is 69.6 Å². The van der Waals surface area contributed by atoms with Gasteiger partial charge in [-0.1, -0.05) is 117 Å². The Kier molecular flexibility index (Phi) is 8.97. The van der Waals surface area contributed by atoms with Crippen LogP contribution in [0.2, 0.25) is 5.04 Å². The molecule has 45 heavy (non-hydrogen) atoms. The topological polar surface area (TPSA) is 58.6 Å². The lowest BCUT2D eigenvalue weighted by molar-refractivity contribution is 0.252. The van der Waals surface area contributed by atoms with Crippen molar-refractivity contribution in [2.24, 2.45) is 0 Å². The summed E-state index contributed by atoms with van der Waals surface area (Å²) in [6.45, 7) is 7.59. The molecule has 0 fully saturated rings. The Bertz CT molecular complexity index is 1780. The van der Waals surface area contributed by atoms with Gasteiger partial charge in [-0.2, -0.15) is 0 Å². The van der Waals surface area contributed by atoms with Gasteiger partial charge in [-0.25, -0.2) is 19.7 Å². The zero-order chi connectivity index (χ0) is 31.6. The Labute approximate surface area is 278 Å². The first-order valence-electron chi connectivity index (χ1n) is 14.8. The molecule has 2 amide bonds. The summed E-state index contributed by atoms with van der Waals surface area (Å²) in [6.07, 6.45) is 3.76. The van der Waals surface area contributed by atoms with Crippen LogP contribution in [0.3, 0.4) is 0 Å². The van der Waals surface area contributed by atoms with Crippen molar-refractivity contribution in [2.45, 2.75) is 44.1 Å². The standard InChI is InChI=1S/C36H35BrN4O2SSi/c1-36(2,3)45(29-16-7-5-8-17-29,30-18-9-6-10-19-30)43-25-26-14-13-15-28(22-26)41-33-27(23-38-34(39-33)44-4)24-40(35(41)42)32-21-12-11-20-31(32)37/h5-23H,24-25H2,1-4H3. The van der Waals surface area contributed by atoms with E-state index in [0.29, 0.717) is 24.1 Å². The number of carbonyl (C=O) groups is 1.